The van der Waals surface area contributed by atoms with Crippen molar-refractivity contribution >= 4 is 17.3 Å². The summed E-state index contributed by atoms with van der Waals surface area (Å²) in [6.07, 6.45) is 1.32. The maximum atomic E-state index is 11.6. The fourth-order valence-corrected chi connectivity index (χ4v) is 2.59. The lowest BCUT2D eigenvalue weighted by Crippen LogP contribution is -2.10. The summed E-state index contributed by atoms with van der Waals surface area (Å²) < 4.78 is 0. The Labute approximate surface area is 157 Å². The maximum Gasteiger partial charge on any atom is 0.353 e. The van der Waals surface area contributed by atoms with Crippen LogP contribution in [-0.4, -0.2) is 14.9 Å². The average Bonchev–Trinajstić information content (AvgIpc) is 2.67. The predicted octanol–water partition coefficient (Wildman–Crippen LogP) is 4.23. The topological polar surface area (TPSA) is 93.0 Å². The standard InChI is InChI=1S/C20H21N5O2/c1-14-3-7-16(8-4-14)11-21-19-18(25(26)27)20(24-13-23-19)22-12-17-9-5-15(2)6-10-17/h3-10,13H,11-12H2,1-2H3,(H2,21,22,23,24). The van der Waals surface area contributed by atoms with Crippen LogP contribution in [0.25, 0.3) is 0 Å². The molecule has 27 heavy (non-hydrogen) atoms. The van der Waals surface area contributed by atoms with E-state index < -0.39 is 4.92 Å². The van der Waals surface area contributed by atoms with Gasteiger partial charge in [0.2, 0.25) is 11.6 Å². The van der Waals surface area contributed by atoms with E-state index >= 15 is 0 Å². The lowest BCUT2D eigenvalue weighted by Gasteiger charge is -2.10. The molecule has 0 saturated carbocycles. The van der Waals surface area contributed by atoms with E-state index in [0.29, 0.717) is 13.1 Å². The van der Waals surface area contributed by atoms with Crippen molar-refractivity contribution in [1.82, 2.24) is 9.97 Å². The molecule has 3 aromatic rings. The Hall–Kier alpha value is -3.48. The minimum absolute atomic E-state index is 0.156. The summed E-state index contributed by atoms with van der Waals surface area (Å²) >= 11 is 0. The highest BCUT2D eigenvalue weighted by molar-refractivity contribution is 5.69. The lowest BCUT2D eigenvalue weighted by molar-refractivity contribution is -0.383. The first-order valence-electron chi connectivity index (χ1n) is 8.61. The van der Waals surface area contributed by atoms with Crippen molar-refractivity contribution in [3.8, 4) is 0 Å². The van der Waals surface area contributed by atoms with Gasteiger partial charge in [0.1, 0.15) is 6.33 Å². The number of hydrogen-bond acceptors (Lipinski definition) is 6. The number of nitro groups is 1. The number of aromatic nitrogens is 2. The number of anilines is 2. The van der Waals surface area contributed by atoms with Crippen molar-refractivity contribution in [2.75, 3.05) is 10.6 Å². The Balaban J connectivity index is 1.76. The van der Waals surface area contributed by atoms with Gasteiger partial charge in [0.15, 0.2) is 0 Å². The highest BCUT2D eigenvalue weighted by Crippen LogP contribution is 2.29. The molecular formula is C20H21N5O2. The molecule has 0 bridgehead atoms. The van der Waals surface area contributed by atoms with Gasteiger partial charge in [-0.2, -0.15) is 0 Å². The normalized spacial score (nSPS) is 10.4. The van der Waals surface area contributed by atoms with Crippen LogP contribution in [-0.2, 0) is 13.1 Å². The predicted molar refractivity (Wildman–Crippen MR) is 106 cm³/mol. The fourth-order valence-electron chi connectivity index (χ4n) is 2.59. The second kappa shape index (κ2) is 8.27. The van der Waals surface area contributed by atoms with E-state index in [1.54, 1.807) is 0 Å². The van der Waals surface area contributed by atoms with E-state index in [9.17, 15) is 10.1 Å². The van der Waals surface area contributed by atoms with Crippen molar-refractivity contribution in [3.63, 3.8) is 0 Å². The Morgan fingerprint density at radius 2 is 1.22 bits per heavy atom. The summed E-state index contributed by atoms with van der Waals surface area (Å²) in [5.74, 6) is 0.393. The quantitative estimate of drug-likeness (QED) is 0.482. The highest BCUT2D eigenvalue weighted by atomic mass is 16.6. The minimum atomic E-state index is -0.463. The van der Waals surface area contributed by atoms with E-state index in [4.69, 9.17) is 0 Å². The zero-order valence-electron chi connectivity index (χ0n) is 15.3. The Morgan fingerprint density at radius 3 is 1.59 bits per heavy atom. The minimum Gasteiger partial charge on any atom is -0.360 e. The molecular weight excluding hydrogens is 342 g/mol. The van der Waals surface area contributed by atoms with Crippen molar-refractivity contribution in [2.45, 2.75) is 26.9 Å². The molecule has 0 spiro atoms. The number of hydrogen-bond donors (Lipinski definition) is 2. The van der Waals surface area contributed by atoms with Crippen LogP contribution in [0.1, 0.15) is 22.3 Å². The second-order valence-corrected chi connectivity index (χ2v) is 6.35. The summed E-state index contributed by atoms with van der Waals surface area (Å²) in [4.78, 5) is 19.2. The molecule has 0 unspecified atom stereocenters. The zero-order chi connectivity index (χ0) is 19.2. The van der Waals surface area contributed by atoms with Crippen molar-refractivity contribution < 1.29 is 4.92 Å². The lowest BCUT2D eigenvalue weighted by atomic mass is 10.1. The van der Waals surface area contributed by atoms with Crippen molar-refractivity contribution in [2.24, 2.45) is 0 Å². The van der Waals surface area contributed by atoms with Crippen LogP contribution in [0.15, 0.2) is 54.9 Å². The van der Waals surface area contributed by atoms with Gasteiger partial charge in [0.05, 0.1) is 4.92 Å². The Kier molecular flexibility index (Phi) is 5.61. The third kappa shape index (κ3) is 4.78. The van der Waals surface area contributed by atoms with Crippen molar-refractivity contribution in [3.05, 3.63) is 87.2 Å². The van der Waals surface area contributed by atoms with Gasteiger partial charge in [0.25, 0.3) is 0 Å². The number of benzene rings is 2. The molecule has 2 aromatic carbocycles. The molecule has 0 radical (unpaired) electrons. The third-order valence-corrected chi connectivity index (χ3v) is 4.17. The van der Waals surface area contributed by atoms with Crippen LogP contribution in [0.4, 0.5) is 17.3 Å². The van der Waals surface area contributed by atoms with Gasteiger partial charge in [-0.15, -0.1) is 0 Å². The molecule has 1 aromatic heterocycles. The first kappa shape index (κ1) is 18.3. The van der Waals surface area contributed by atoms with Crippen LogP contribution in [0.5, 0.6) is 0 Å². The molecule has 0 fully saturated rings. The van der Waals surface area contributed by atoms with E-state index in [1.165, 1.54) is 6.33 Å². The summed E-state index contributed by atoms with van der Waals surface area (Å²) in [5, 5.41) is 17.7. The van der Waals surface area contributed by atoms with Gasteiger partial charge in [-0.05, 0) is 25.0 Å². The van der Waals surface area contributed by atoms with Gasteiger partial charge >= 0.3 is 5.69 Å². The SMILES string of the molecule is Cc1ccc(CNc2ncnc(NCc3ccc(C)cc3)c2[N+](=O)[O-])cc1. The molecule has 0 atom stereocenters. The fraction of sp³-hybridized carbons (Fsp3) is 0.200. The largest absolute Gasteiger partial charge is 0.360 e. The van der Waals surface area contributed by atoms with E-state index in [2.05, 4.69) is 20.6 Å². The Bertz CT molecular complexity index is 856. The molecule has 1 heterocycles. The molecule has 0 aliphatic heterocycles. The average molecular weight is 363 g/mol. The van der Waals surface area contributed by atoms with Gasteiger partial charge in [-0.3, -0.25) is 10.1 Å². The van der Waals surface area contributed by atoms with E-state index in [0.717, 1.165) is 22.3 Å². The molecule has 0 saturated heterocycles. The molecule has 7 heteroatoms. The molecule has 7 nitrogen and oxygen atoms in total. The molecule has 138 valence electrons. The first-order valence-corrected chi connectivity index (χ1v) is 8.61. The van der Waals surface area contributed by atoms with Crippen LogP contribution in [0.3, 0.4) is 0 Å². The molecule has 0 aliphatic carbocycles. The zero-order valence-corrected chi connectivity index (χ0v) is 15.3. The van der Waals surface area contributed by atoms with Crippen molar-refractivity contribution in [1.29, 1.82) is 0 Å². The molecule has 0 amide bonds. The van der Waals surface area contributed by atoms with Gasteiger partial charge in [-0.1, -0.05) is 59.7 Å². The van der Waals surface area contributed by atoms with Crippen LogP contribution in [0, 0.1) is 24.0 Å². The van der Waals surface area contributed by atoms with Gasteiger partial charge < -0.3 is 10.6 Å². The third-order valence-electron chi connectivity index (χ3n) is 4.17. The smallest absolute Gasteiger partial charge is 0.353 e. The van der Waals surface area contributed by atoms with Crippen LogP contribution < -0.4 is 10.6 Å². The summed E-state index contributed by atoms with van der Waals surface area (Å²) in [6.45, 7) is 4.90. The summed E-state index contributed by atoms with van der Waals surface area (Å²) in [6, 6.07) is 15.9. The number of rotatable bonds is 7. The van der Waals surface area contributed by atoms with Gasteiger partial charge in [-0.25, -0.2) is 9.97 Å². The number of nitrogens with one attached hydrogen (secondary N) is 2. The number of nitrogens with zero attached hydrogens (tertiary/aromatic N) is 3. The van der Waals surface area contributed by atoms with Crippen LogP contribution >= 0.6 is 0 Å². The van der Waals surface area contributed by atoms with Gasteiger partial charge in [0, 0.05) is 13.1 Å². The number of aryl methyl sites for hydroxylation is 2. The maximum absolute atomic E-state index is 11.6. The molecule has 3 rings (SSSR count). The molecule has 2 N–H and O–H groups in total. The van der Waals surface area contributed by atoms with E-state index in [-0.39, 0.29) is 17.3 Å². The highest BCUT2D eigenvalue weighted by Gasteiger charge is 2.22. The van der Waals surface area contributed by atoms with Crippen LogP contribution in [0.2, 0.25) is 0 Å². The first-order chi connectivity index (χ1) is 13.0. The second-order valence-electron chi connectivity index (χ2n) is 6.35. The van der Waals surface area contributed by atoms with E-state index in [1.807, 2.05) is 62.4 Å². The summed E-state index contributed by atoms with van der Waals surface area (Å²) in [7, 11) is 0. The monoisotopic (exact) mass is 363 g/mol. The Morgan fingerprint density at radius 1 is 0.815 bits per heavy atom. The molecule has 0 aliphatic rings. The summed E-state index contributed by atoms with van der Waals surface area (Å²) in [5.41, 5.74) is 4.20.